The number of ether oxygens (including phenoxy) is 1. The third-order valence-electron chi connectivity index (χ3n) is 3.16. The fraction of sp³-hybridized carbons (Fsp3) is 0.267. The minimum atomic E-state index is -3.11. The molecule has 0 spiro atoms. The number of esters is 1. The lowest BCUT2D eigenvalue weighted by Crippen LogP contribution is -2.25. The van der Waals surface area contributed by atoms with Gasteiger partial charge in [0, 0.05) is 6.08 Å². The summed E-state index contributed by atoms with van der Waals surface area (Å²) in [5.74, 6) is -1.85. The number of rotatable bonds is 5. The molecule has 10 heteroatoms. The van der Waals surface area contributed by atoms with Crippen LogP contribution in [0, 0.1) is 12.7 Å². The Morgan fingerprint density at radius 2 is 2.12 bits per heavy atom. The number of aromatic nitrogens is 3. The lowest BCUT2D eigenvalue weighted by Gasteiger charge is -2.06. The number of nitrogens with zero attached hydrogens (tertiary/aromatic N) is 3. The first-order valence-corrected chi connectivity index (χ1v) is 7.44. The van der Waals surface area contributed by atoms with Gasteiger partial charge in [-0.15, -0.1) is 5.10 Å². The van der Waals surface area contributed by atoms with Gasteiger partial charge in [0.2, 0.25) is 0 Å². The second-order valence-corrected chi connectivity index (χ2v) is 5.21. The van der Waals surface area contributed by atoms with Gasteiger partial charge in [-0.05, 0) is 37.6 Å². The molecule has 0 saturated heterocycles. The van der Waals surface area contributed by atoms with Crippen LogP contribution in [-0.4, -0.2) is 26.9 Å². The van der Waals surface area contributed by atoms with Gasteiger partial charge in [0.05, 0.1) is 11.6 Å². The second kappa shape index (κ2) is 7.56. The highest BCUT2D eigenvalue weighted by Crippen LogP contribution is 2.24. The van der Waals surface area contributed by atoms with E-state index in [9.17, 15) is 22.8 Å². The predicted octanol–water partition coefficient (Wildman–Crippen LogP) is 3.11. The van der Waals surface area contributed by atoms with Crippen LogP contribution in [0.1, 0.15) is 24.9 Å². The zero-order valence-corrected chi connectivity index (χ0v) is 13.9. The van der Waals surface area contributed by atoms with Crippen molar-refractivity contribution in [3.8, 4) is 5.69 Å². The third-order valence-corrected chi connectivity index (χ3v) is 3.48. The number of alkyl halides is 2. The molecule has 1 aromatic carbocycles. The molecule has 0 amide bonds. The van der Waals surface area contributed by atoms with Gasteiger partial charge in [-0.1, -0.05) is 11.6 Å². The first kappa shape index (κ1) is 18.8. The zero-order valence-electron chi connectivity index (χ0n) is 13.2. The van der Waals surface area contributed by atoms with Crippen molar-refractivity contribution in [2.24, 2.45) is 0 Å². The normalized spacial score (nSPS) is 11.5. The largest absolute Gasteiger partial charge is 0.463 e. The van der Waals surface area contributed by atoms with E-state index < -0.39 is 24.0 Å². The van der Waals surface area contributed by atoms with Crippen molar-refractivity contribution in [2.45, 2.75) is 20.4 Å². The van der Waals surface area contributed by atoms with Crippen molar-refractivity contribution in [2.75, 3.05) is 6.61 Å². The van der Waals surface area contributed by atoms with E-state index in [-0.39, 0.29) is 33.3 Å². The lowest BCUT2D eigenvalue weighted by atomic mass is 10.1. The highest BCUT2D eigenvalue weighted by Gasteiger charge is 2.20. The van der Waals surface area contributed by atoms with Gasteiger partial charge < -0.3 is 4.74 Å². The van der Waals surface area contributed by atoms with Gasteiger partial charge in [0.1, 0.15) is 11.5 Å². The fourth-order valence-electron chi connectivity index (χ4n) is 2.05. The number of carbonyl (C=O) groups is 1. The summed E-state index contributed by atoms with van der Waals surface area (Å²) in [7, 11) is 0. The van der Waals surface area contributed by atoms with Gasteiger partial charge >= 0.3 is 18.2 Å². The van der Waals surface area contributed by atoms with Crippen LogP contribution in [0.25, 0.3) is 11.8 Å². The molecular weight excluding hydrogens is 363 g/mol. The standard InChI is InChI=1S/C15H13ClF3N3O3/c1-3-25-13(23)5-4-9-6-12(11(17)7-10(9)16)22-15(24)21(14(18)19)8(2)20-22/h4-7,14H,3H2,1-2H3/b5-4+. The minimum absolute atomic E-state index is 0.0418. The van der Waals surface area contributed by atoms with Crippen LogP contribution in [0.15, 0.2) is 23.0 Å². The number of aryl methyl sites for hydroxylation is 1. The molecule has 25 heavy (non-hydrogen) atoms. The Morgan fingerprint density at radius 3 is 2.68 bits per heavy atom. The number of hydrogen-bond acceptors (Lipinski definition) is 4. The van der Waals surface area contributed by atoms with Crippen molar-refractivity contribution < 1.29 is 22.7 Å². The van der Waals surface area contributed by atoms with E-state index in [0.29, 0.717) is 4.68 Å². The van der Waals surface area contributed by atoms with Crippen molar-refractivity contribution in [1.82, 2.24) is 14.3 Å². The molecule has 0 saturated carbocycles. The van der Waals surface area contributed by atoms with Crippen LogP contribution in [0.4, 0.5) is 13.2 Å². The first-order chi connectivity index (χ1) is 11.8. The summed E-state index contributed by atoms with van der Waals surface area (Å²) >= 11 is 5.90. The van der Waals surface area contributed by atoms with E-state index in [1.165, 1.54) is 13.0 Å². The number of benzene rings is 1. The van der Waals surface area contributed by atoms with Crippen LogP contribution in [0.3, 0.4) is 0 Å². The Labute approximate surface area is 145 Å². The van der Waals surface area contributed by atoms with Crippen molar-refractivity contribution in [3.05, 3.63) is 50.9 Å². The topological polar surface area (TPSA) is 66.1 Å². The average Bonchev–Trinajstić information content (AvgIpc) is 2.81. The highest BCUT2D eigenvalue weighted by atomic mass is 35.5. The molecule has 1 aromatic heterocycles. The summed E-state index contributed by atoms with van der Waals surface area (Å²) in [5, 5.41) is 3.60. The molecule has 1 heterocycles. The summed E-state index contributed by atoms with van der Waals surface area (Å²) in [6.45, 7) is -0.118. The summed E-state index contributed by atoms with van der Waals surface area (Å²) in [5.41, 5.74) is -1.39. The Bertz CT molecular complexity index is 890. The van der Waals surface area contributed by atoms with E-state index >= 15 is 0 Å². The molecule has 0 unspecified atom stereocenters. The van der Waals surface area contributed by atoms with E-state index in [0.717, 1.165) is 18.2 Å². The highest BCUT2D eigenvalue weighted by molar-refractivity contribution is 6.32. The number of hydrogen-bond donors (Lipinski definition) is 0. The van der Waals surface area contributed by atoms with Gasteiger partial charge in [-0.3, -0.25) is 0 Å². The van der Waals surface area contributed by atoms with Crippen molar-refractivity contribution in [1.29, 1.82) is 0 Å². The average molecular weight is 376 g/mol. The van der Waals surface area contributed by atoms with Crippen LogP contribution < -0.4 is 5.69 Å². The zero-order chi connectivity index (χ0) is 18.7. The minimum Gasteiger partial charge on any atom is -0.463 e. The smallest absolute Gasteiger partial charge is 0.355 e. The molecule has 0 N–H and O–H groups in total. The Morgan fingerprint density at radius 1 is 1.44 bits per heavy atom. The monoisotopic (exact) mass is 375 g/mol. The van der Waals surface area contributed by atoms with Gasteiger partial charge in [0.15, 0.2) is 5.82 Å². The molecule has 0 bridgehead atoms. The van der Waals surface area contributed by atoms with Crippen LogP contribution in [0.5, 0.6) is 0 Å². The van der Waals surface area contributed by atoms with Gasteiger partial charge in [0.25, 0.3) is 0 Å². The number of carbonyl (C=O) groups excluding carboxylic acids is 1. The SMILES string of the molecule is CCOC(=O)/C=C/c1cc(-n2nc(C)n(C(F)F)c2=O)c(F)cc1Cl. The molecule has 6 nitrogen and oxygen atoms in total. The lowest BCUT2D eigenvalue weighted by molar-refractivity contribution is -0.137. The molecule has 0 atom stereocenters. The fourth-order valence-corrected chi connectivity index (χ4v) is 2.26. The van der Waals surface area contributed by atoms with E-state index in [2.05, 4.69) is 5.10 Å². The molecule has 0 aliphatic heterocycles. The third kappa shape index (κ3) is 3.93. The number of halogens is 4. The molecule has 0 fully saturated rings. The maximum Gasteiger partial charge on any atom is 0.355 e. The van der Waals surface area contributed by atoms with Crippen molar-refractivity contribution >= 4 is 23.6 Å². The molecular formula is C15H13ClF3N3O3. The summed E-state index contributed by atoms with van der Waals surface area (Å²) in [6, 6.07) is 2.02. The predicted molar refractivity (Wildman–Crippen MR) is 84.4 cm³/mol. The summed E-state index contributed by atoms with van der Waals surface area (Å²) < 4.78 is 45.3. The maximum absolute atomic E-state index is 14.2. The van der Waals surface area contributed by atoms with Gasteiger partial charge in [-0.2, -0.15) is 13.5 Å². The molecule has 0 radical (unpaired) electrons. The Balaban J connectivity index is 2.53. The molecule has 0 aliphatic rings. The summed E-state index contributed by atoms with van der Waals surface area (Å²) in [6.07, 6.45) is 2.32. The maximum atomic E-state index is 14.2. The van der Waals surface area contributed by atoms with Gasteiger partial charge in [-0.25, -0.2) is 18.5 Å². The quantitative estimate of drug-likeness (QED) is 0.595. The van der Waals surface area contributed by atoms with E-state index in [1.54, 1.807) is 6.92 Å². The Kier molecular flexibility index (Phi) is 5.68. The van der Waals surface area contributed by atoms with Crippen LogP contribution in [0.2, 0.25) is 5.02 Å². The van der Waals surface area contributed by atoms with Crippen LogP contribution in [-0.2, 0) is 9.53 Å². The van der Waals surface area contributed by atoms with E-state index in [1.807, 2.05) is 0 Å². The molecule has 2 aromatic rings. The summed E-state index contributed by atoms with van der Waals surface area (Å²) in [4.78, 5) is 23.4. The second-order valence-electron chi connectivity index (χ2n) is 4.80. The molecule has 0 aliphatic carbocycles. The van der Waals surface area contributed by atoms with Crippen molar-refractivity contribution in [3.63, 3.8) is 0 Å². The molecule has 134 valence electrons. The first-order valence-electron chi connectivity index (χ1n) is 7.06. The Hall–Kier alpha value is -2.55. The molecule has 2 rings (SSSR count). The van der Waals surface area contributed by atoms with Crippen LogP contribution >= 0.6 is 11.6 Å². The van der Waals surface area contributed by atoms with E-state index in [4.69, 9.17) is 16.3 Å².